The smallest absolute Gasteiger partial charge is 0.310 e. The van der Waals surface area contributed by atoms with Crippen molar-refractivity contribution in [2.24, 2.45) is 11.8 Å². The summed E-state index contributed by atoms with van der Waals surface area (Å²) in [5.74, 6) is -2.94. The molecule has 0 aromatic heterocycles. The summed E-state index contributed by atoms with van der Waals surface area (Å²) >= 11 is 3.32. The molecule has 110 valence electrons. The molecule has 2 heterocycles. The lowest BCUT2D eigenvalue weighted by Crippen LogP contribution is -2.44. The molecule has 1 fully saturated rings. The van der Waals surface area contributed by atoms with E-state index < -0.39 is 29.5 Å². The molecule has 2 bridgehead atoms. The van der Waals surface area contributed by atoms with Gasteiger partial charge in [0.05, 0.1) is 17.6 Å². The maximum absolute atomic E-state index is 12.5. The Balaban J connectivity index is 1.84. The molecule has 0 spiro atoms. The topological polar surface area (TPSA) is 75.6 Å². The molecule has 6 heteroatoms. The minimum Gasteiger partial charge on any atom is -0.481 e. The van der Waals surface area contributed by atoms with Crippen molar-refractivity contribution in [3.05, 3.63) is 40.9 Å². The normalized spacial score (nSPS) is 33.1. The summed E-state index contributed by atoms with van der Waals surface area (Å²) in [5, 5.41) is 12.1. The number of rotatable bonds is 3. The van der Waals surface area contributed by atoms with Gasteiger partial charge in [-0.25, -0.2) is 0 Å². The second-order valence-electron chi connectivity index (χ2n) is 5.46. The van der Waals surface area contributed by atoms with E-state index in [0.29, 0.717) is 5.69 Å². The number of fused-ring (bicyclic) bond motifs is 2. The number of carbonyl (C=O) groups excluding carboxylic acids is 1. The number of nitrogens with one attached hydrogen (secondary N) is 1. The third-order valence-corrected chi connectivity index (χ3v) is 4.55. The van der Waals surface area contributed by atoms with E-state index in [1.54, 1.807) is 31.2 Å². The monoisotopic (exact) mass is 351 g/mol. The average Bonchev–Trinajstić information content (AvgIpc) is 2.94. The molecular weight excluding hydrogens is 338 g/mol. The van der Waals surface area contributed by atoms with E-state index in [1.807, 2.05) is 12.1 Å². The molecule has 2 aliphatic heterocycles. The van der Waals surface area contributed by atoms with Gasteiger partial charge in [0.15, 0.2) is 0 Å². The van der Waals surface area contributed by atoms with Crippen molar-refractivity contribution in [1.29, 1.82) is 0 Å². The molecule has 5 nitrogen and oxygen atoms in total. The number of amides is 1. The third kappa shape index (κ3) is 2.38. The zero-order valence-electron chi connectivity index (χ0n) is 11.2. The fourth-order valence-electron chi connectivity index (χ4n) is 3.03. The van der Waals surface area contributed by atoms with Crippen molar-refractivity contribution in [3.63, 3.8) is 0 Å². The van der Waals surface area contributed by atoms with Gasteiger partial charge in [-0.2, -0.15) is 0 Å². The largest absolute Gasteiger partial charge is 0.481 e. The second-order valence-corrected chi connectivity index (χ2v) is 6.38. The number of carboxylic acids is 1. The fraction of sp³-hybridized carbons (Fsp3) is 0.333. The quantitative estimate of drug-likeness (QED) is 0.820. The first-order valence-electron chi connectivity index (χ1n) is 6.57. The van der Waals surface area contributed by atoms with E-state index in [0.717, 1.165) is 4.47 Å². The number of hydrogen-bond acceptors (Lipinski definition) is 3. The zero-order valence-corrected chi connectivity index (χ0v) is 12.8. The third-order valence-electron chi connectivity index (χ3n) is 4.02. The van der Waals surface area contributed by atoms with Gasteiger partial charge < -0.3 is 15.2 Å². The average molecular weight is 352 g/mol. The van der Waals surface area contributed by atoms with Crippen LogP contribution in [-0.4, -0.2) is 28.7 Å². The van der Waals surface area contributed by atoms with Gasteiger partial charge in [-0.05, 0) is 31.2 Å². The van der Waals surface area contributed by atoms with Crippen LogP contribution in [-0.2, 0) is 14.3 Å². The molecule has 0 aliphatic carbocycles. The van der Waals surface area contributed by atoms with Gasteiger partial charge in [0.2, 0.25) is 5.91 Å². The molecule has 2 aliphatic rings. The lowest BCUT2D eigenvalue weighted by molar-refractivity contribution is -0.146. The van der Waals surface area contributed by atoms with Crippen molar-refractivity contribution in [2.75, 3.05) is 5.32 Å². The maximum atomic E-state index is 12.5. The van der Waals surface area contributed by atoms with E-state index in [9.17, 15) is 14.7 Å². The van der Waals surface area contributed by atoms with Crippen LogP contribution in [0.3, 0.4) is 0 Å². The number of carboxylic acid groups (broad SMARTS) is 1. The predicted molar refractivity (Wildman–Crippen MR) is 79.8 cm³/mol. The molecule has 1 aromatic rings. The molecule has 1 aromatic carbocycles. The summed E-state index contributed by atoms with van der Waals surface area (Å²) in [6, 6.07) is 7.13. The lowest BCUT2D eigenvalue weighted by Gasteiger charge is -2.27. The highest BCUT2D eigenvalue weighted by atomic mass is 79.9. The SMILES string of the molecule is C[C@@]12C=C[C@@H](O1)[C@H](C(=O)O)[C@H]2C(=O)Nc1ccc(Br)cc1. The Hall–Kier alpha value is -1.66. The molecular formula is C15H14BrNO4. The van der Waals surface area contributed by atoms with Gasteiger partial charge in [0.25, 0.3) is 0 Å². The number of benzene rings is 1. The van der Waals surface area contributed by atoms with Crippen molar-refractivity contribution < 1.29 is 19.4 Å². The van der Waals surface area contributed by atoms with Crippen molar-refractivity contribution in [2.45, 2.75) is 18.6 Å². The van der Waals surface area contributed by atoms with Crippen LogP contribution in [0.15, 0.2) is 40.9 Å². The maximum Gasteiger partial charge on any atom is 0.310 e. The summed E-state index contributed by atoms with van der Waals surface area (Å²) in [6.45, 7) is 1.75. The molecule has 21 heavy (non-hydrogen) atoms. The Labute approximate surface area is 130 Å². The number of ether oxygens (including phenoxy) is 1. The molecule has 4 atom stereocenters. The summed E-state index contributed by atoms with van der Waals surface area (Å²) in [5.41, 5.74) is -0.227. The molecule has 0 radical (unpaired) electrons. The van der Waals surface area contributed by atoms with Crippen LogP contribution >= 0.6 is 15.9 Å². The number of anilines is 1. The zero-order chi connectivity index (χ0) is 15.2. The first kappa shape index (κ1) is 14.3. The number of hydrogen-bond donors (Lipinski definition) is 2. The van der Waals surface area contributed by atoms with Gasteiger partial charge in [-0.3, -0.25) is 9.59 Å². The summed E-state index contributed by atoms with van der Waals surface area (Å²) < 4.78 is 6.57. The van der Waals surface area contributed by atoms with E-state index in [-0.39, 0.29) is 5.91 Å². The fourth-order valence-corrected chi connectivity index (χ4v) is 3.30. The summed E-state index contributed by atoms with van der Waals surface area (Å²) in [7, 11) is 0. The van der Waals surface area contributed by atoms with Crippen LogP contribution < -0.4 is 5.32 Å². The van der Waals surface area contributed by atoms with Crippen molar-refractivity contribution in [1.82, 2.24) is 0 Å². The molecule has 0 unspecified atom stereocenters. The predicted octanol–water partition coefficient (Wildman–Crippen LogP) is 2.43. The molecule has 1 amide bonds. The minimum atomic E-state index is -1.01. The van der Waals surface area contributed by atoms with E-state index in [1.165, 1.54) is 0 Å². The van der Waals surface area contributed by atoms with Crippen molar-refractivity contribution in [3.8, 4) is 0 Å². The Morgan fingerprint density at radius 2 is 2.00 bits per heavy atom. The second kappa shape index (κ2) is 4.96. The number of carbonyl (C=O) groups is 2. The van der Waals surface area contributed by atoms with Gasteiger partial charge in [-0.15, -0.1) is 0 Å². The molecule has 0 saturated carbocycles. The van der Waals surface area contributed by atoms with E-state index >= 15 is 0 Å². The first-order valence-corrected chi connectivity index (χ1v) is 7.36. The Kier molecular flexibility index (Phi) is 3.37. The van der Waals surface area contributed by atoms with Crippen LogP contribution in [0, 0.1) is 11.8 Å². The number of aliphatic carboxylic acids is 1. The highest BCUT2D eigenvalue weighted by molar-refractivity contribution is 9.10. The summed E-state index contributed by atoms with van der Waals surface area (Å²) in [4.78, 5) is 24.0. The Bertz CT molecular complexity index is 627. The van der Waals surface area contributed by atoms with Crippen molar-refractivity contribution >= 4 is 33.5 Å². The van der Waals surface area contributed by atoms with Crippen LogP contribution in [0.5, 0.6) is 0 Å². The summed E-state index contributed by atoms with van der Waals surface area (Å²) in [6.07, 6.45) is 2.97. The standard InChI is InChI=1S/C15H14BrNO4/c1-15-7-6-10(21-15)11(14(19)20)12(15)13(18)17-9-4-2-8(16)3-5-9/h2-7,10-12H,1H3,(H,17,18)(H,19,20)/t10-,11+,12+,15+/m1/s1. The van der Waals surface area contributed by atoms with Crippen LogP contribution in [0.4, 0.5) is 5.69 Å². The molecule has 3 rings (SSSR count). The van der Waals surface area contributed by atoms with Gasteiger partial charge in [0.1, 0.15) is 5.92 Å². The Morgan fingerprint density at radius 1 is 1.33 bits per heavy atom. The highest BCUT2D eigenvalue weighted by Crippen LogP contribution is 2.47. The lowest BCUT2D eigenvalue weighted by atomic mass is 9.75. The molecule has 2 N–H and O–H groups in total. The highest BCUT2D eigenvalue weighted by Gasteiger charge is 2.59. The number of halogens is 1. The first-order chi connectivity index (χ1) is 9.90. The van der Waals surface area contributed by atoms with E-state index in [4.69, 9.17) is 4.74 Å². The van der Waals surface area contributed by atoms with Crippen LogP contribution in [0.25, 0.3) is 0 Å². The molecule has 1 saturated heterocycles. The van der Waals surface area contributed by atoms with E-state index in [2.05, 4.69) is 21.2 Å². The Morgan fingerprint density at radius 3 is 2.62 bits per heavy atom. The van der Waals surface area contributed by atoms with Crippen LogP contribution in [0.2, 0.25) is 0 Å². The van der Waals surface area contributed by atoms with Gasteiger partial charge >= 0.3 is 5.97 Å². The minimum absolute atomic E-state index is 0.334. The van der Waals surface area contributed by atoms with Gasteiger partial charge in [0, 0.05) is 10.2 Å². The van der Waals surface area contributed by atoms with Crippen LogP contribution in [0.1, 0.15) is 6.92 Å². The van der Waals surface area contributed by atoms with Gasteiger partial charge in [-0.1, -0.05) is 28.1 Å².